The molecule has 0 fully saturated rings. The zero-order chi connectivity index (χ0) is 24.6. The number of benzene rings is 2. The summed E-state index contributed by atoms with van der Waals surface area (Å²) in [5.74, 6) is 1.07. The average Bonchev–Trinajstić information content (AvgIpc) is 2.91. The van der Waals surface area contributed by atoms with Crippen molar-refractivity contribution < 1.29 is 19.1 Å². The van der Waals surface area contributed by atoms with Crippen molar-refractivity contribution in [2.24, 2.45) is 0 Å². The van der Waals surface area contributed by atoms with Gasteiger partial charge in [0.05, 0.1) is 14.2 Å². The summed E-state index contributed by atoms with van der Waals surface area (Å²) in [5.41, 5.74) is 3.99. The first-order chi connectivity index (χ1) is 17.1. The van der Waals surface area contributed by atoms with E-state index >= 15 is 0 Å². The van der Waals surface area contributed by atoms with Crippen LogP contribution in [0, 0.1) is 0 Å². The molecule has 0 bridgehead atoms. The minimum atomic E-state index is -0.714. The lowest BCUT2D eigenvalue weighted by atomic mass is 9.99. The Hall–Kier alpha value is -4.07. The molecule has 2 aromatic carbocycles. The minimum absolute atomic E-state index is 0.241. The van der Waals surface area contributed by atoms with Gasteiger partial charge in [-0.05, 0) is 46.9 Å². The Morgan fingerprint density at radius 3 is 2.40 bits per heavy atom. The molecule has 35 heavy (non-hydrogen) atoms. The second-order valence-electron chi connectivity index (χ2n) is 8.42. The molecule has 8 nitrogen and oxygen atoms in total. The molecule has 3 amide bonds. The number of ether oxygens (including phenoxy) is 2. The van der Waals surface area contributed by atoms with Crippen LogP contribution >= 0.6 is 0 Å². The van der Waals surface area contributed by atoms with Crippen LogP contribution in [0.4, 0.5) is 4.79 Å². The van der Waals surface area contributed by atoms with E-state index in [-0.39, 0.29) is 11.9 Å². The number of aromatic nitrogens is 1. The Balaban J connectivity index is 1.46. The van der Waals surface area contributed by atoms with E-state index in [1.807, 2.05) is 54.6 Å². The molecule has 1 aliphatic rings. The summed E-state index contributed by atoms with van der Waals surface area (Å²) >= 11 is 0. The lowest BCUT2D eigenvalue weighted by Crippen LogP contribution is -2.52. The summed E-state index contributed by atoms with van der Waals surface area (Å²) in [5, 5.41) is 5.88. The molecule has 1 unspecified atom stereocenters. The second kappa shape index (κ2) is 11.4. The molecule has 3 aromatic rings. The molecular formula is C27H30N4O4. The van der Waals surface area contributed by atoms with Crippen molar-refractivity contribution in [1.82, 2.24) is 20.5 Å². The predicted octanol–water partition coefficient (Wildman–Crippen LogP) is 3.09. The van der Waals surface area contributed by atoms with Crippen molar-refractivity contribution in [3.63, 3.8) is 0 Å². The third kappa shape index (κ3) is 6.09. The summed E-state index contributed by atoms with van der Waals surface area (Å²) in [6.45, 7) is 1.31. The van der Waals surface area contributed by atoms with E-state index in [0.29, 0.717) is 44.0 Å². The lowest BCUT2D eigenvalue weighted by molar-refractivity contribution is -0.123. The fourth-order valence-corrected chi connectivity index (χ4v) is 4.17. The quantitative estimate of drug-likeness (QED) is 0.523. The van der Waals surface area contributed by atoms with Gasteiger partial charge in [-0.25, -0.2) is 4.79 Å². The van der Waals surface area contributed by atoms with Crippen molar-refractivity contribution in [3.05, 3.63) is 89.2 Å². The molecule has 0 saturated carbocycles. The van der Waals surface area contributed by atoms with Crippen molar-refractivity contribution in [2.75, 3.05) is 20.8 Å². The van der Waals surface area contributed by atoms with E-state index in [1.54, 1.807) is 31.5 Å². The van der Waals surface area contributed by atoms with Crippen LogP contribution in [0.15, 0.2) is 67.0 Å². The highest BCUT2D eigenvalue weighted by Gasteiger charge is 2.27. The van der Waals surface area contributed by atoms with Crippen LogP contribution in [-0.4, -0.2) is 48.6 Å². The summed E-state index contributed by atoms with van der Waals surface area (Å²) < 4.78 is 10.8. The van der Waals surface area contributed by atoms with Gasteiger partial charge in [-0.1, -0.05) is 36.4 Å². The highest BCUT2D eigenvalue weighted by molar-refractivity contribution is 5.87. The van der Waals surface area contributed by atoms with Gasteiger partial charge in [-0.3, -0.25) is 9.78 Å². The van der Waals surface area contributed by atoms with E-state index in [9.17, 15) is 9.59 Å². The number of methoxy groups -OCH3 is 2. The van der Waals surface area contributed by atoms with Gasteiger partial charge in [0.15, 0.2) is 11.5 Å². The van der Waals surface area contributed by atoms with Gasteiger partial charge in [0.1, 0.15) is 6.04 Å². The zero-order valence-corrected chi connectivity index (χ0v) is 20.0. The Morgan fingerprint density at radius 1 is 1.00 bits per heavy atom. The maximum absolute atomic E-state index is 13.2. The summed E-state index contributed by atoms with van der Waals surface area (Å²) in [4.78, 5) is 32.1. The highest BCUT2D eigenvalue weighted by Crippen LogP contribution is 2.33. The van der Waals surface area contributed by atoms with Crippen molar-refractivity contribution in [3.8, 4) is 11.5 Å². The van der Waals surface area contributed by atoms with E-state index < -0.39 is 6.04 Å². The summed E-state index contributed by atoms with van der Waals surface area (Å²) in [6, 6.07) is 16.3. The molecule has 0 spiro atoms. The molecule has 1 atom stereocenters. The molecule has 4 rings (SSSR count). The fraction of sp³-hybridized carbons (Fsp3) is 0.296. The predicted molar refractivity (Wildman–Crippen MR) is 132 cm³/mol. The third-order valence-electron chi connectivity index (χ3n) is 6.09. The Morgan fingerprint density at radius 2 is 1.71 bits per heavy atom. The zero-order valence-electron chi connectivity index (χ0n) is 20.0. The number of hydrogen-bond acceptors (Lipinski definition) is 5. The number of carbonyl (C=O) groups is 2. The van der Waals surface area contributed by atoms with Gasteiger partial charge in [0.25, 0.3) is 0 Å². The topological polar surface area (TPSA) is 92.8 Å². The van der Waals surface area contributed by atoms with Crippen LogP contribution in [-0.2, 0) is 30.7 Å². The van der Waals surface area contributed by atoms with Gasteiger partial charge in [-0.15, -0.1) is 0 Å². The number of hydrogen-bond donors (Lipinski definition) is 2. The smallest absolute Gasteiger partial charge is 0.318 e. The summed E-state index contributed by atoms with van der Waals surface area (Å²) in [7, 11) is 3.20. The van der Waals surface area contributed by atoms with Crippen LogP contribution in [0.2, 0.25) is 0 Å². The monoisotopic (exact) mass is 474 g/mol. The maximum Gasteiger partial charge on any atom is 0.318 e. The molecule has 182 valence electrons. The van der Waals surface area contributed by atoms with Gasteiger partial charge in [0, 0.05) is 38.4 Å². The standard InChI is InChI=1S/C27H30N4O4/c1-34-24-14-21-10-12-31(18-22(21)15-25(24)35-2)27(33)30-23(13-19-7-4-3-5-8-19)26(32)29-17-20-9-6-11-28-16-20/h3-9,11,14-16,23H,10,12-13,17-18H2,1-2H3,(H,29,32)(H,30,33). The molecular weight excluding hydrogens is 444 g/mol. The molecule has 1 aromatic heterocycles. The van der Waals surface area contributed by atoms with E-state index in [0.717, 1.165) is 22.3 Å². The number of carbonyl (C=O) groups excluding carboxylic acids is 2. The van der Waals surface area contributed by atoms with Crippen molar-refractivity contribution in [2.45, 2.75) is 32.0 Å². The molecule has 2 N–H and O–H groups in total. The van der Waals surface area contributed by atoms with Crippen LogP contribution in [0.3, 0.4) is 0 Å². The minimum Gasteiger partial charge on any atom is -0.493 e. The van der Waals surface area contributed by atoms with Gasteiger partial charge in [-0.2, -0.15) is 0 Å². The maximum atomic E-state index is 13.2. The van der Waals surface area contributed by atoms with Crippen LogP contribution in [0.1, 0.15) is 22.3 Å². The number of nitrogens with zero attached hydrogens (tertiary/aromatic N) is 2. The van der Waals surface area contributed by atoms with Crippen LogP contribution in [0.5, 0.6) is 11.5 Å². The lowest BCUT2D eigenvalue weighted by Gasteiger charge is -2.31. The molecule has 1 aliphatic heterocycles. The molecule has 2 heterocycles. The van der Waals surface area contributed by atoms with Gasteiger partial charge < -0.3 is 25.0 Å². The Bertz CT molecular complexity index is 1150. The summed E-state index contributed by atoms with van der Waals surface area (Å²) in [6.07, 6.45) is 4.48. The number of amides is 3. The first-order valence-corrected chi connectivity index (χ1v) is 11.6. The van der Waals surface area contributed by atoms with E-state index in [1.165, 1.54) is 0 Å². The number of urea groups is 1. The van der Waals surface area contributed by atoms with Gasteiger partial charge >= 0.3 is 6.03 Å². The first-order valence-electron chi connectivity index (χ1n) is 11.6. The fourth-order valence-electron chi connectivity index (χ4n) is 4.17. The van der Waals surface area contributed by atoms with E-state index in [4.69, 9.17) is 9.47 Å². The largest absolute Gasteiger partial charge is 0.493 e. The highest BCUT2D eigenvalue weighted by atomic mass is 16.5. The SMILES string of the molecule is COc1cc2c(cc1OC)CN(C(=O)NC(Cc1ccccc1)C(=O)NCc1cccnc1)CC2. The molecule has 0 saturated heterocycles. The molecule has 0 aliphatic carbocycles. The van der Waals surface area contributed by atoms with Crippen molar-refractivity contribution >= 4 is 11.9 Å². The molecule has 0 radical (unpaired) electrons. The number of fused-ring (bicyclic) bond motifs is 1. The Labute approximate surface area is 205 Å². The number of nitrogens with one attached hydrogen (secondary N) is 2. The second-order valence-corrected chi connectivity index (χ2v) is 8.42. The molecule has 8 heteroatoms. The number of pyridine rings is 1. The van der Waals surface area contributed by atoms with E-state index in [2.05, 4.69) is 15.6 Å². The van der Waals surface area contributed by atoms with Crippen LogP contribution in [0.25, 0.3) is 0 Å². The Kier molecular flexibility index (Phi) is 7.82. The third-order valence-corrected chi connectivity index (χ3v) is 6.09. The first kappa shape index (κ1) is 24.1. The normalized spacial score (nSPS) is 13.4. The van der Waals surface area contributed by atoms with Gasteiger partial charge in [0.2, 0.25) is 5.91 Å². The van der Waals surface area contributed by atoms with Crippen LogP contribution < -0.4 is 20.1 Å². The number of rotatable bonds is 8. The average molecular weight is 475 g/mol. The van der Waals surface area contributed by atoms with Crippen molar-refractivity contribution in [1.29, 1.82) is 0 Å².